The van der Waals surface area contributed by atoms with Gasteiger partial charge in [-0.1, -0.05) is 48.0 Å². The summed E-state index contributed by atoms with van der Waals surface area (Å²) in [7, 11) is 0. The van der Waals surface area contributed by atoms with E-state index in [1.165, 1.54) is 4.57 Å². The Morgan fingerprint density at radius 1 is 0.953 bits per heavy atom. The van der Waals surface area contributed by atoms with Gasteiger partial charge in [0.1, 0.15) is 25.7 Å². The van der Waals surface area contributed by atoms with Crippen molar-refractivity contribution in [2.75, 3.05) is 26.4 Å². The minimum atomic E-state index is -1.54. The molecule has 0 spiro atoms. The average Bonchev–Trinajstić information content (AvgIpc) is 3.03. The number of hydrogen-bond acceptors (Lipinski definition) is 5. The molecule has 1 aliphatic heterocycles. The molecule has 0 aliphatic carbocycles. The summed E-state index contributed by atoms with van der Waals surface area (Å²) < 4.78 is 54.7. The number of alkyl halides is 2. The Bertz CT molecular complexity index is 1720. The Labute approximate surface area is 249 Å². The van der Waals surface area contributed by atoms with Crippen molar-refractivity contribution >= 4 is 28.9 Å². The maximum atomic E-state index is 15.1. The molecule has 0 radical (unpaired) electrons. The van der Waals surface area contributed by atoms with E-state index in [4.69, 9.17) is 21.1 Å². The molecule has 0 N–H and O–H groups in total. The minimum absolute atomic E-state index is 0.0281. The molecule has 1 aromatic heterocycles. The minimum Gasteiger partial charge on any atom is -0.487 e. The zero-order valence-corrected chi connectivity index (χ0v) is 23.8. The van der Waals surface area contributed by atoms with Crippen LogP contribution >= 0.6 is 11.6 Å². The summed E-state index contributed by atoms with van der Waals surface area (Å²) in [5.74, 6) is -1.04. The van der Waals surface area contributed by atoms with Gasteiger partial charge in [0.05, 0.1) is 22.5 Å². The van der Waals surface area contributed by atoms with Gasteiger partial charge < -0.3 is 14.4 Å². The van der Waals surface area contributed by atoms with Crippen LogP contribution in [-0.2, 0) is 17.9 Å². The predicted octanol–water partition coefficient (Wildman–Crippen LogP) is 5.06. The Morgan fingerprint density at radius 2 is 1.67 bits per heavy atom. The molecule has 1 fully saturated rings. The lowest BCUT2D eigenvalue weighted by atomic mass is 10.0. The summed E-state index contributed by atoms with van der Waals surface area (Å²) in [6.45, 7) is -1.51. The number of likely N-dealkylation sites (tertiary alicyclic amines) is 1. The van der Waals surface area contributed by atoms with Crippen molar-refractivity contribution in [1.29, 1.82) is 0 Å². The molecule has 0 unspecified atom stereocenters. The third-order valence-corrected chi connectivity index (χ3v) is 7.74. The summed E-state index contributed by atoms with van der Waals surface area (Å²) in [4.78, 5) is 40.4. The zero-order valence-electron chi connectivity index (χ0n) is 23.1. The van der Waals surface area contributed by atoms with E-state index in [-0.39, 0.29) is 22.5 Å². The van der Waals surface area contributed by atoms with Crippen LogP contribution in [0, 0.1) is 5.82 Å². The van der Waals surface area contributed by atoms with Gasteiger partial charge >= 0.3 is 5.69 Å². The van der Waals surface area contributed by atoms with Crippen LogP contribution in [0.15, 0.2) is 70.3 Å². The van der Waals surface area contributed by atoms with Gasteiger partial charge in [0, 0.05) is 25.2 Å². The van der Waals surface area contributed by atoms with Crippen LogP contribution in [0.2, 0.25) is 5.02 Å². The number of fused-ring (bicyclic) bond motifs is 1. The van der Waals surface area contributed by atoms with E-state index in [2.05, 4.69) is 0 Å². The van der Waals surface area contributed by atoms with Crippen molar-refractivity contribution in [3.63, 3.8) is 0 Å². The normalized spacial score (nSPS) is 13.9. The highest BCUT2D eigenvalue weighted by Crippen LogP contribution is 2.29. The molecule has 3 aromatic carbocycles. The van der Waals surface area contributed by atoms with Gasteiger partial charge in [-0.2, -0.15) is 0 Å². The van der Waals surface area contributed by atoms with Crippen LogP contribution in [0.5, 0.6) is 11.5 Å². The van der Waals surface area contributed by atoms with Crippen LogP contribution < -0.4 is 20.7 Å². The lowest BCUT2D eigenvalue weighted by molar-refractivity contribution is -0.119. The van der Waals surface area contributed by atoms with Crippen molar-refractivity contribution in [3.8, 4) is 11.5 Å². The Kier molecular flexibility index (Phi) is 9.40. The van der Waals surface area contributed by atoms with Crippen molar-refractivity contribution < 1.29 is 27.4 Å². The lowest BCUT2D eigenvalue weighted by Gasteiger charge is -2.31. The van der Waals surface area contributed by atoms with E-state index in [9.17, 15) is 23.2 Å². The molecular weight excluding hydrogens is 587 g/mol. The second-order valence-corrected chi connectivity index (χ2v) is 10.7. The second-order valence-electron chi connectivity index (χ2n) is 10.3. The number of hydrogen-bond donors (Lipinski definition) is 0. The number of rotatable bonds is 11. The fourth-order valence-electron chi connectivity index (χ4n) is 5.17. The van der Waals surface area contributed by atoms with Crippen molar-refractivity contribution in [2.45, 2.75) is 38.1 Å². The number of halogens is 4. The number of amides is 1. The highest BCUT2D eigenvalue weighted by Gasteiger charge is 2.26. The fourth-order valence-corrected chi connectivity index (χ4v) is 5.43. The van der Waals surface area contributed by atoms with Crippen molar-refractivity contribution in [2.24, 2.45) is 0 Å². The standard InChI is InChI=1S/C31H29ClF3N3O5/c32-25-12-21(6-7-28(25)42-18-20-4-2-1-3-5-20)17-37-30(40)24-13-29(43-23(15-33)16-34)26(35)14-27(24)38(31(37)41)22-8-10-36(19-39)11-9-22/h1-7,12-14,19,22-23H,8-11,15-18H2. The first kappa shape index (κ1) is 30.2. The molecule has 226 valence electrons. The third kappa shape index (κ3) is 6.56. The van der Waals surface area contributed by atoms with E-state index in [1.807, 2.05) is 30.3 Å². The first-order valence-corrected chi connectivity index (χ1v) is 14.1. The van der Waals surface area contributed by atoms with Gasteiger partial charge in [0.15, 0.2) is 17.7 Å². The van der Waals surface area contributed by atoms with Gasteiger partial charge in [-0.3, -0.25) is 18.7 Å². The zero-order chi connectivity index (χ0) is 30.5. The molecule has 8 nitrogen and oxygen atoms in total. The number of nitrogens with zero attached hydrogens (tertiary/aromatic N) is 3. The molecule has 1 aliphatic rings. The number of aromatic nitrogens is 2. The van der Waals surface area contributed by atoms with Gasteiger partial charge in [-0.05, 0) is 42.2 Å². The number of piperidine rings is 1. The highest BCUT2D eigenvalue weighted by atomic mass is 35.5. The number of benzene rings is 3. The molecular formula is C31H29ClF3N3O5. The summed E-state index contributed by atoms with van der Waals surface area (Å²) in [5, 5.41) is 0.226. The Hall–Kier alpha value is -4.25. The van der Waals surface area contributed by atoms with Gasteiger partial charge in [0.25, 0.3) is 5.56 Å². The van der Waals surface area contributed by atoms with E-state index in [1.54, 1.807) is 23.1 Å². The van der Waals surface area contributed by atoms with Gasteiger partial charge in [-0.25, -0.2) is 18.0 Å². The van der Waals surface area contributed by atoms with E-state index in [0.717, 1.165) is 28.7 Å². The predicted molar refractivity (Wildman–Crippen MR) is 156 cm³/mol. The molecule has 0 saturated carbocycles. The molecule has 1 amide bonds. The van der Waals surface area contributed by atoms with E-state index >= 15 is 4.39 Å². The van der Waals surface area contributed by atoms with Crippen molar-refractivity contribution in [3.05, 3.63) is 103 Å². The molecule has 1 saturated heterocycles. The summed E-state index contributed by atoms with van der Waals surface area (Å²) in [6.07, 6.45) is -0.0180. The van der Waals surface area contributed by atoms with Gasteiger partial charge in [-0.15, -0.1) is 0 Å². The topological polar surface area (TPSA) is 82.8 Å². The quantitative estimate of drug-likeness (QED) is 0.220. The van der Waals surface area contributed by atoms with Crippen LogP contribution in [0.25, 0.3) is 10.9 Å². The van der Waals surface area contributed by atoms with E-state index in [0.29, 0.717) is 43.9 Å². The molecule has 43 heavy (non-hydrogen) atoms. The average molecular weight is 616 g/mol. The van der Waals surface area contributed by atoms with Crippen LogP contribution in [0.1, 0.15) is 30.0 Å². The number of carbonyl (C=O) groups excluding carboxylic acids is 1. The third-order valence-electron chi connectivity index (χ3n) is 7.45. The second kappa shape index (κ2) is 13.4. The van der Waals surface area contributed by atoms with Crippen LogP contribution in [0.4, 0.5) is 13.2 Å². The maximum absolute atomic E-state index is 15.1. The first-order valence-electron chi connectivity index (χ1n) is 13.7. The van der Waals surface area contributed by atoms with Gasteiger partial charge in [0.2, 0.25) is 6.41 Å². The first-order chi connectivity index (χ1) is 20.8. The summed E-state index contributed by atoms with van der Waals surface area (Å²) >= 11 is 6.48. The lowest BCUT2D eigenvalue weighted by Crippen LogP contribution is -2.44. The summed E-state index contributed by atoms with van der Waals surface area (Å²) in [6, 6.07) is 16.1. The maximum Gasteiger partial charge on any atom is 0.332 e. The smallest absolute Gasteiger partial charge is 0.332 e. The molecule has 2 heterocycles. The van der Waals surface area contributed by atoms with Crippen LogP contribution in [0.3, 0.4) is 0 Å². The number of carbonyl (C=O) groups is 1. The summed E-state index contributed by atoms with van der Waals surface area (Å²) in [5.41, 5.74) is 0.117. The molecule has 0 bridgehead atoms. The number of ether oxygens (including phenoxy) is 2. The SMILES string of the molecule is O=CN1CCC(n2c(=O)n(Cc3ccc(OCc4ccccc4)c(Cl)c3)c(=O)c3cc(OC(CF)CF)c(F)cc32)CC1. The van der Waals surface area contributed by atoms with Crippen molar-refractivity contribution in [1.82, 2.24) is 14.0 Å². The largest absolute Gasteiger partial charge is 0.487 e. The fraction of sp³-hybridized carbons (Fsp3) is 0.323. The monoisotopic (exact) mass is 615 g/mol. The molecule has 4 aromatic rings. The molecule has 0 atom stereocenters. The Morgan fingerprint density at radius 3 is 2.33 bits per heavy atom. The molecule has 5 rings (SSSR count). The molecule has 12 heteroatoms. The highest BCUT2D eigenvalue weighted by molar-refractivity contribution is 6.32. The van der Waals surface area contributed by atoms with E-state index < -0.39 is 48.3 Å². The Balaban J connectivity index is 1.54. The van der Waals surface area contributed by atoms with Crippen LogP contribution in [-0.4, -0.2) is 53.0 Å².